The van der Waals surface area contributed by atoms with E-state index in [4.69, 9.17) is 39.2 Å². The van der Waals surface area contributed by atoms with Gasteiger partial charge in [-0.1, -0.05) is 34.8 Å². The lowest BCUT2D eigenvalue weighted by Gasteiger charge is -2.00. The molecule has 35 heavy (non-hydrogen) atoms. The summed E-state index contributed by atoms with van der Waals surface area (Å²) >= 11 is 18.0. The predicted molar refractivity (Wildman–Crippen MR) is 140 cm³/mol. The van der Waals surface area contributed by atoms with E-state index in [1.807, 2.05) is 0 Å². The number of aliphatic imine (C=N–C) groups is 1. The number of aromatic hydroxyl groups is 1. The molecule has 0 unspecified atom stereocenters. The molecule has 5 rings (SSSR count). The van der Waals surface area contributed by atoms with Gasteiger partial charge in [-0.3, -0.25) is 4.99 Å². The van der Waals surface area contributed by atoms with Gasteiger partial charge in [0.05, 0.1) is 27.1 Å². The van der Waals surface area contributed by atoms with Gasteiger partial charge in [-0.15, -0.1) is 0 Å². The molecule has 0 atom stereocenters. The third kappa shape index (κ3) is 5.35. The maximum Gasteiger partial charge on any atom is 0.227 e. The highest BCUT2D eigenvalue weighted by Crippen LogP contribution is 2.31. The van der Waals surface area contributed by atoms with Gasteiger partial charge >= 0.3 is 0 Å². The van der Waals surface area contributed by atoms with E-state index in [-0.39, 0.29) is 5.75 Å². The molecule has 4 aromatic carbocycles. The Bertz CT molecular complexity index is 1590. The molecule has 1 aromatic heterocycles. The fraction of sp³-hybridized carbons (Fsp3) is 0. The van der Waals surface area contributed by atoms with E-state index in [0.717, 1.165) is 5.56 Å². The van der Waals surface area contributed by atoms with Crippen LogP contribution < -0.4 is 0 Å². The zero-order chi connectivity index (χ0) is 24.4. The van der Waals surface area contributed by atoms with Crippen molar-refractivity contribution in [2.24, 2.45) is 15.2 Å². The van der Waals surface area contributed by atoms with Crippen LogP contribution in [0.1, 0.15) is 5.56 Å². The Hall–Kier alpha value is -3.71. The second kappa shape index (κ2) is 9.88. The zero-order valence-electron chi connectivity index (χ0n) is 17.9. The molecule has 0 fully saturated rings. The summed E-state index contributed by atoms with van der Waals surface area (Å²) in [5, 5.41) is 20.2. The number of nitrogens with zero attached hydrogens (tertiary/aromatic N) is 4. The van der Waals surface area contributed by atoms with Crippen LogP contribution in [0, 0.1) is 0 Å². The summed E-state index contributed by atoms with van der Waals surface area (Å²) in [5.41, 5.74) is 4.33. The lowest BCUT2D eigenvalue weighted by atomic mass is 10.2. The molecule has 6 nitrogen and oxygen atoms in total. The van der Waals surface area contributed by atoms with Gasteiger partial charge in [0.2, 0.25) is 5.89 Å². The van der Waals surface area contributed by atoms with Crippen LogP contribution in [0.4, 0.5) is 17.1 Å². The number of hydrogen-bond acceptors (Lipinski definition) is 6. The number of rotatable bonds is 5. The van der Waals surface area contributed by atoms with Crippen LogP contribution in [0.3, 0.4) is 0 Å². The van der Waals surface area contributed by atoms with Gasteiger partial charge in [-0.05, 0) is 78.9 Å². The minimum absolute atomic E-state index is 0.0728. The number of fused-ring (bicyclic) bond motifs is 1. The highest BCUT2D eigenvalue weighted by Gasteiger charge is 2.10. The second-order valence-electron chi connectivity index (χ2n) is 7.48. The van der Waals surface area contributed by atoms with E-state index in [9.17, 15) is 5.11 Å². The highest BCUT2D eigenvalue weighted by molar-refractivity contribution is 6.42. The van der Waals surface area contributed by atoms with Crippen molar-refractivity contribution >= 4 is 69.2 Å². The summed E-state index contributed by atoms with van der Waals surface area (Å²) in [6.07, 6.45) is 1.55. The topological polar surface area (TPSA) is 83.3 Å². The number of phenols is 1. The second-order valence-corrected chi connectivity index (χ2v) is 8.73. The Morgan fingerprint density at radius 2 is 1.49 bits per heavy atom. The van der Waals surface area contributed by atoms with E-state index in [0.29, 0.717) is 54.7 Å². The fourth-order valence-corrected chi connectivity index (χ4v) is 3.65. The fourth-order valence-electron chi connectivity index (χ4n) is 3.22. The molecule has 0 aliphatic carbocycles. The number of phenolic OH excluding ortho intramolecular Hbond substituents is 1. The molecule has 5 aromatic rings. The summed E-state index contributed by atoms with van der Waals surface area (Å²) in [4.78, 5) is 9.00. The Balaban J connectivity index is 1.38. The first-order chi connectivity index (χ1) is 16.9. The molecule has 0 saturated heterocycles. The average molecular weight is 522 g/mol. The largest absolute Gasteiger partial charge is 0.507 e. The first kappa shape index (κ1) is 23.1. The number of hydrogen-bond donors (Lipinski definition) is 1. The zero-order valence-corrected chi connectivity index (χ0v) is 20.1. The van der Waals surface area contributed by atoms with E-state index in [1.165, 1.54) is 0 Å². The number of aromatic nitrogens is 1. The molecular formula is C26H15Cl3N4O2. The summed E-state index contributed by atoms with van der Waals surface area (Å²) in [7, 11) is 0. The summed E-state index contributed by atoms with van der Waals surface area (Å²) in [6.45, 7) is 0. The molecular weight excluding hydrogens is 507 g/mol. The molecule has 0 radical (unpaired) electrons. The Kier molecular flexibility index (Phi) is 6.51. The highest BCUT2D eigenvalue weighted by atomic mass is 35.5. The van der Waals surface area contributed by atoms with Crippen LogP contribution in [0.2, 0.25) is 15.1 Å². The molecule has 0 aliphatic rings. The molecule has 1 heterocycles. The first-order valence-electron chi connectivity index (χ1n) is 10.3. The molecule has 172 valence electrons. The van der Waals surface area contributed by atoms with Crippen molar-refractivity contribution in [1.82, 2.24) is 4.98 Å². The molecule has 0 saturated carbocycles. The van der Waals surface area contributed by atoms with Crippen LogP contribution >= 0.6 is 34.8 Å². The Morgan fingerprint density at radius 1 is 0.743 bits per heavy atom. The third-order valence-electron chi connectivity index (χ3n) is 5.01. The van der Waals surface area contributed by atoms with Crippen LogP contribution in [0.15, 0.2) is 98.5 Å². The van der Waals surface area contributed by atoms with Crippen molar-refractivity contribution in [1.29, 1.82) is 0 Å². The van der Waals surface area contributed by atoms with E-state index in [2.05, 4.69) is 20.2 Å². The molecule has 0 spiro atoms. The van der Waals surface area contributed by atoms with E-state index < -0.39 is 0 Å². The molecule has 1 N–H and O–H groups in total. The van der Waals surface area contributed by atoms with Crippen molar-refractivity contribution < 1.29 is 9.52 Å². The van der Waals surface area contributed by atoms with Gasteiger partial charge in [0, 0.05) is 22.4 Å². The van der Waals surface area contributed by atoms with E-state index in [1.54, 1.807) is 85.1 Å². The van der Waals surface area contributed by atoms with Gasteiger partial charge in [-0.25, -0.2) is 4.98 Å². The number of benzene rings is 4. The maximum atomic E-state index is 10.2. The van der Waals surface area contributed by atoms with Crippen molar-refractivity contribution in [3.05, 3.63) is 99.5 Å². The summed E-state index contributed by atoms with van der Waals surface area (Å²) < 4.78 is 5.84. The monoisotopic (exact) mass is 520 g/mol. The Morgan fingerprint density at radius 3 is 2.29 bits per heavy atom. The molecule has 0 amide bonds. The van der Waals surface area contributed by atoms with Gasteiger partial charge < -0.3 is 9.52 Å². The normalized spacial score (nSPS) is 11.7. The van der Waals surface area contributed by atoms with E-state index >= 15 is 0 Å². The standard InChI is InChI=1S/C26H15Cl3N4O2/c27-17-2-4-18(5-3-17)32-33-20-6-9-24(34)16(11-20)14-30-19-7-10-25-23(13-19)31-26(35-25)15-1-8-21(28)22(29)12-15/h1-14,34H. The van der Waals surface area contributed by atoms with Crippen molar-refractivity contribution in [3.8, 4) is 17.2 Å². The smallest absolute Gasteiger partial charge is 0.227 e. The van der Waals surface area contributed by atoms with Crippen molar-refractivity contribution in [2.75, 3.05) is 0 Å². The number of azo groups is 1. The molecule has 0 aliphatic heterocycles. The average Bonchev–Trinajstić information content (AvgIpc) is 3.29. The van der Waals surface area contributed by atoms with Gasteiger partial charge in [0.15, 0.2) is 5.58 Å². The number of oxazole rings is 1. The van der Waals surface area contributed by atoms with Crippen molar-refractivity contribution in [3.63, 3.8) is 0 Å². The summed E-state index contributed by atoms with van der Waals surface area (Å²) in [5.74, 6) is 0.500. The van der Waals surface area contributed by atoms with Crippen LogP contribution in [0.5, 0.6) is 5.75 Å². The number of halogens is 3. The quantitative estimate of drug-likeness (QED) is 0.185. The third-order valence-corrected chi connectivity index (χ3v) is 6.00. The van der Waals surface area contributed by atoms with Gasteiger partial charge in [0.1, 0.15) is 11.3 Å². The minimum Gasteiger partial charge on any atom is -0.507 e. The SMILES string of the molecule is Oc1ccc(N=Nc2ccc(Cl)cc2)cc1C=Nc1ccc2oc(-c3ccc(Cl)c(Cl)c3)nc2c1. The van der Waals surface area contributed by atoms with Gasteiger partial charge in [-0.2, -0.15) is 10.2 Å². The molecule has 9 heteroatoms. The predicted octanol–water partition coefficient (Wildman–Crippen LogP) is 9.33. The van der Waals surface area contributed by atoms with Crippen LogP contribution in [-0.2, 0) is 0 Å². The van der Waals surface area contributed by atoms with Crippen LogP contribution in [0.25, 0.3) is 22.6 Å². The lowest BCUT2D eigenvalue weighted by molar-refractivity contribution is 0.474. The van der Waals surface area contributed by atoms with Crippen molar-refractivity contribution in [2.45, 2.75) is 0 Å². The van der Waals surface area contributed by atoms with Crippen LogP contribution in [-0.4, -0.2) is 16.3 Å². The lowest BCUT2D eigenvalue weighted by Crippen LogP contribution is -1.82. The Labute approximate surface area is 215 Å². The maximum absolute atomic E-state index is 10.2. The van der Waals surface area contributed by atoms with Gasteiger partial charge in [0.25, 0.3) is 0 Å². The first-order valence-corrected chi connectivity index (χ1v) is 11.5. The minimum atomic E-state index is 0.0728. The molecule has 0 bridgehead atoms. The summed E-state index contributed by atoms with van der Waals surface area (Å²) in [6, 6.07) is 22.5.